The minimum Gasteiger partial charge on any atom is -0.487 e. The van der Waals surface area contributed by atoms with Gasteiger partial charge in [0.25, 0.3) is 0 Å². The highest BCUT2D eigenvalue weighted by Gasteiger charge is 2.12. The molecule has 1 aliphatic heterocycles. The summed E-state index contributed by atoms with van der Waals surface area (Å²) in [5.74, 6) is 1.29. The lowest BCUT2D eigenvalue weighted by molar-refractivity contribution is -0.0134. The van der Waals surface area contributed by atoms with Crippen LogP contribution in [0.25, 0.3) is 33.4 Å². The first-order valence-electron chi connectivity index (χ1n) is 14.6. The minimum atomic E-state index is 0.371. The molecule has 226 valence electrons. The van der Waals surface area contributed by atoms with Crippen molar-refractivity contribution >= 4 is 0 Å². The van der Waals surface area contributed by atoms with Gasteiger partial charge < -0.3 is 33.2 Å². The molecule has 0 N–H and O–H groups in total. The predicted molar refractivity (Wildman–Crippen MR) is 163 cm³/mol. The summed E-state index contributed by atoms with van der Waals surface area (Å²) in [6.45, 7) is 5.66. The molecule has 9 nitrogen and oxygen atoms in total. The number of fused-ring (bicyclic) bond motifs is 1. The third kappa shape index (κ3) is 9.84. The van der Waals surface area contributed by atoms with E-state index in [1.807, 2.05) is 61.2 Å². The molecule has 0 amide bonds. The molecule has 0 bridgehead atoms. The third-order valence-corrected chi connectivity index (χ3v) is 6.70. The van der Waals surface area contributed by atoms with E-state index >= 15 is 0 Å². The molecular weight excluding hydrogens is 548 g/mol. The number of nitrogens with zero attached hydrogens (tertiary/aromatic N) is 2. The highest BCUT2D eigenvalue weighted by Crippen LogP contribution is 2.37. The maximum Gasteiger partial charge on any atom is 0.161 e. The lowest BCUT2D eigenvalue weighted by Crippen LogP contribution is -2.14. The molecule has 0 saturated heterocycles. The summed E-state index contributed by atoms with van der Waals surface area (Å²) in [6, 6.07) is 20.6. The van der Waals surface area contributed by atoms with E-state index in [-0.39, 0.29) is 0 Å². The number of aromatic nitrogens is 2. The van der Waals surface area contributed by atoms with Crippen LogP contribution in [0, 0.1) is 0 Å². The van der Waals surface area contributed by atoms with E-state index in [0.29, 0.717) is 90.8 Å². The lowest BCUT2D eigenvalue weighted by Gasteiger charge is -2.16. The average molecular weight is 587 g/mol. The molecule has 0 unspecified atom stereocenters. The summed E-state index contributed by atoms with van der Waals surface area (Å²) in [7, 11) is 0. The van der Waals surface area contributed by atoms with E-state index in [1.54, 1.807) is 0 Å². The van der Waals surface area contributed by atoms with Crippen molar-refractivity contribution in [2.45, 2.75) is 0 Å². The van der Waals surface area contributed by atoms with Crippen molar-refractivity contribution in [3.8, 4) is 44.9 Å². The van der Waals surface area contributed by atoms with Gasteiger partial charge in [-0.15, -0.1) is 0 Å². The Hall–Kier alpha value is -3.86. The van der Waals surface area contributed by atoms with Crippen molar-refractivity contribution < 1.29 is 33.2 Å². The smallest absolute Gasteiger partial charge is 0.161 e. The van der Waals surface area contributed by atoms with Crippen LogP contribution < -0.4 is 9.47 Å². The zero-order chi connectivity index (χ0) is 29.4. The van der Waals surface area contributed by atoms with Crippen LogP contribution in [-0.2, 0) is 23.7 Å². The Bertz CT molecular complexity index is 1310. The van der Waals surface area contributed by atoms with Gasteiger partial charge in [0.2, 0.25) is 0 Å². The van der Waals surface area contributed by atoms with E-state index in [4.69, 9.17) is 33.2 Å². The van der Waals surface area contributed by atoms with Crippen molar-refractivity contribution in [1.29, 1.82) is 0 Å². The van der Waals surface area contributed by atoms with Gasteiger partial charge in [-0.1, -0.05) is 6.07 Å². The summed E-state index contributed by atoms with van der Waals surface area (Å²) in [6.07, 6.45) is 7.23. The van der Waals surface area contributed by atoms with Crippen molar-refractivity contribution in [2.75, 3.05) is 79.3 Å². The number of hydrogen-bond acceptors (Lipinski definition) is 9. The van der Waals surface area contributed by atoms with Gasteiger partial charge in [0.15, 0.2) is 11.5 Å². The molecule has 4 aromatic rings. The summed E-state index contributed by atoms with van der Waals surface area (Å²) in [5.41, 5.74) is 6.41. The molecule has 2 aromatic heterocycles. The predicted octanol–water partition coefficient (Wildman–Crippen LogP) is 5.33. The molecule has 1 aliphatic rings. The molecule has 43 heavy (non-hydrogen) atoms. The first kappa shape index (κ1) is 30.6. The van der Waals surface area contributed by atoms with Crippen LogP contribution in [-0.4, -0.2) is 89.3 Å². The van der Waals surface area contributed by atoms with Crippen LogP contribution in [0.2, 0.25) is 0 Å². The monoisotopic (exact) mass is 586 g/mol. The molecule has 0 fully saturated rings. The van der Waals surface area contributed by atoms with Gasteiger partial charge in [-0.05, 0) is 88.0 Å². The molecule has 9 heteroatoms. The molecule has 2 aromatic carbocycles. The second-order valence-electron chi connectivity index (χ2n) is 9.69. The second-order valence-corrected chi connectivity index (χ2v) is 9.69. The third-order valence-electron chi connectivity index (χ3n) is 6.70. The Morgan fingerprint density at radius 3 is 1.14 bits per heavy atom. The normalized spacial score (nSPS) is 16.6. The van der Waals surface area contributed by atoms with E-state index in [1.165, 1.54) is 0 Å². The summed E-state index contributed by atoms with van der Waals surface area (Å²) in [5, 5.41) is 0. The van der Waals surface area contributed by atoms with E-state index in [2.05, 4.69) is 34.2 Å². The zero-order valence-corrected chi connectivity index (χ0v) is 24.3. The van der Waals surface area contributed by atoms with Gasteiger partial charge in [-0.3, -0.25) is 9.97 Å². The van der Waals surface area contributed by atoms with Gasteiger partial charge in [0.05, 0.1) is 66.1 Å². The number of rotatable bonds is 3. The van der Waals surface area contributed by atoms with Crippen molar-refractivity contribution in [3.05, 3.63) is 85.5 Å². The van der Waals surface area contributed by atoms with Crippen LogP contribution >= 0.6 is 0 Å². The van der Waals surface area contributed by atoms with Gasteiger partial charge in [-0.2, -0.15) is 0 Å². The second kappa shape index (κ2) is 17.3. The quantitative estimate of drug-likeness (QED) is 0.316. The van der Waals surface area contributed by atoms with Gasteiger partial charge in [0.1, 0.15) is 13.2 Å². The molecule has 5 rings (SSSR count). The zero-order valence-electron chi connectivity index (χ0n) is 24.3. The SMILES string of the molecule is c1cc(-c2cc(-c3ccncc3)cc(-c3ccc4c(c3)OCCOCCOCCOCCOCCOCCO4)c2)ccn1. The number of pyridine rings is 2. The maximum absolute atomic E-state index is 6.19. The molecule has 0 spiro atoms. The Balaban J connectivity index is 1.36. The fraction of sp³-hybridized carbons (Fsp3) is 0.353. The summed E-state index contributed by atoms with van der Waals surface area (Å²) in [4.78, 5) is 8.38. The fourth-order valence-corrected chi connectivity index (χ4v) is 4.54. The van der Waals surface area contributed by atoms with Crippen molar-refractivity contribution in [2.24, 2.45) is 0 Å². The molecule has 0 atom stereocenters. The van der Waals surface area contributed by atoms with Gasteiger partial charge in [-0.25, -0.2) is 0 Å². The maximum atomic E-state index is 6.19. The number of benzene rings is 2. The minimum absolute atomic E-state index is 0.371. The van der Waals surface area contributed by atoms with Gasteiger partial charge in [0, 0.05) is 24.8 Å². The largest absolute Gasteiger partial charge is 0.487 e. The summed E-state index contributed by atoms with van der Waals surface area (Å²) >= 11 is 0. The topological polar surface area (TPSA) is 90.4 Å². The highest BCUT2D eigenvalue weighted by molar-refractivity contribution is 5.81. The molecule has 0 aliphatic carbocycles. The Kier molecular flexibility index (Phi) is 12.3. The van der Waals surface area contributed by atoms with E-state index in [0.717, 1.165) is 33.4 Å². The first-order valence-corrected chi connectivity index (χ1v) is 14.6. The Morgan fingerprint density at radius 1 is 0.326 bits per heavy atom. The number of ether oxygens (including phenoxy) is 7. The summed E-state index contributed by atoms with van der Waals surface area (Å²) < 4.78 is 40.2. The van der Waals surface area contributed by atoms with E-state index < -0.39 is 0 Å². The standard InChI is InChI=1S/C34H38N2O7/c1-2-33-34(43-22-20-41-18-16-39-14-12-37-11-13-38-15-17-40-19-21-42-33)26-29(1)32-24-30(27-3-7-35-8-4-27)23-31(25-32)28-5-9-36-10-6-28/h1-10,23-26H,11-22H2. The van der Waals surface area contributed by atoms with Crippen molar-refractivity contribution in [1.82, 2.24) is 9.97 Å². The molecule has 0 radical (unpaired) electrons. The highest BCUT2D eigenvalue weighted by atomic mass is 16.6. The van der Waals surface area contributed by atoms with Crippen LogP contribution in [0.4, 0.5) is 0 Å². The molecular formula is C34H38N2O7. The van der Waals surface area contributed by atoms with Crippen molar-refractivity contribution in [3.63, 3.8) is 0 Å². The van der Waals surface area contributed by atoms with Crippen LogP contribution in [0.15, 0.2) is 85.5 Å². The van der Waals surface area contributed by atoms with Gasteiger partial charge >= 0.3 is 0 Å². The average Bonchev–Trinajstić information content (AvgIpc) is 3.06. The Labute approximate surface area is 252 Å². The molecule has 3 heterocycles. The van der Waals surface area contributed by atoms with Crippen LogP contribution in [0.3, 0.4) is 0 Å². The van der Waals surface area contributed by atoms with Crippen LogP contribution in [0.5, 0.6) is 11.5 Å². The van der Waals surface area contributed by atoms with E-state index in [9.17, 15) is 0 Å². The molecule has 0 saturated carbocycles. The number of hydrogen-bond donors (Lipinski definition) is 0. The Morgan fingerprint density at radius 2 is 0.698 bits per heavy atom. The lowest BCUT2D eigenvalue weighted by atomic mass is 9.94. The van der Waals surface area contributed by atoms with Crippen LogP contribution in [0.1, 0.15) is 0 Å². The fourth-order valence-electron chi connectivity index (χ4n) is 4.54. The first-order chi connectivity index (χ1) is 21.4.